The number of hydrogen-bond acceptors (Lipinski definition) is 3. The fourth-order valence-corrected chi connectivity index (χ4v) is 2.08. The van der Waals surface area contributed by atoms with Crippen LogP contribution in [0.4, 0.5) is 5.69 Å². The van der Waals surface area contributed by atoms with Crippen molar-refractivity contribution in [1.82, 2.24) is 5.32 Å². The van der Waals surface area contributed by atoms with E-state index in [4.69, 9.17) is 4.74 Å². The van der Waals surface area contributed by atoms with E-state index < -0.39 is 0 Å². The van der Waals surface area contributed by atoms with E-state index in [1.165, 1.54) is 12.8 Å². The Labute approximate surface area is 115 Å². The van der Waals surface area contributed by atoms with Gasteiger partial charge in [-0.3, -0.25) is 4.79 Å². The van der Waals surface area contributed by atoms with Crippen LogP contribution in [0.5, 0.6) is 5.75 Å². The summed E-state index contributed by atoms with van der Waals surface area (Å²) in [5, 5.41) is 6.01. The molecule has 0 atom stereocenters. The van der Waals surface area contributed by atoms with E-state index in [2.05, 4.69) is 26.6 Å². The molecule has 1 aromatic rings. The van der Waals surface area contributed by atoms with Crippen molar-refractivity contribution in [3.8, 4) is 5.75 Å². The van der Waals surface area contributed by atoms with Gasteiger partial charge in [-0.15, -0.1) is 0 Å². The monoisotopic (exact) mass is 312 g/mol. The molecule has 1 aromatic carbocycles. The van der Waals surface area contributed by atoms with Gasteiger partial charge in [0.05, 0.1) is 13.7 Å². The Hall–Kier alpha value is -1.23. The van der Waals surface area contributed by atoms with Gasteiger partial charge >= 0.3 is 0 Å². The lowest BCUT2D eigenvalue weighted by Gasteiger charge is -2.10. The Balaban J connectivity index is 1.79. The number of anilines is 1. The Kier molecular flexibility index (Phi) is 4.47. The molecule has 0 unspecified atom stereocenters. The summed E-state index contributed by atoms with van der Waals surface area (Å²) >= 11 is 3.44. The van der Waals surface area contributed by atoms with Crippen molar-refractivity contribution in [3.63, 3.8) is 0 Å². The number of hydrogen-bond donors (Lipinski definition) is 2. The second kappa shape index (κ2) is 6.09. The highest BCUT2D eigenvalue weighted by atomic mass is 79.9. The number of methoxy groups -OCH3 is 1. The Morgan fingerprint density at radius 1 is 1.50 bits per heavy atom. The summed E-state index contributed by atoms with van der Waals surface area (Å²) in [4.78, 5) is 11.6. The van der Waals surface area contributed by atoms with Gasteiger partial charge in [0.15, 0.2) is 0 Å². The standard InChI is InChI=1S/C13H17BrN2O2/c1-18-10-4-5-12(11(14)6-10)15-8-13(17)16-7-9-2-3-9/h4-6,9,15H,2-3,7-8H2,1H3,(H,16,17). The maximum Gasteiger partial charge on any atom is 0.239 e. The molecule has 1 saturated carbocycles. The first kappa shape index (κ1) is 13.2. The van der Waals surface area contributed by atoms with Crippen LogP contribution in [-0.2, 0) is 4.79 Å². The molecule has 1 amide bonds. The lowest BCUT2D eigenvalue weighted by Crippen LogP contribution is -2.31. The van der Waals surface area contributed by atoms with Crippen LogP contribution in [0, 0.1) is 5.92 Å². The number of carbonyl (C=O) groups excluding carboxylic acids is 1. The van der Waals surface area contributed by atoms with E-state index >= 15 is 0 Å². The van der Waals surface area contributed by atoms with Crippen LogP contribution in [0.25, 0.3) is 0 Å². The normalized spacial score (nSPS) is 14.1. The predicted octanol–water partition coefficient (Wildman–Crippen LogP) is 2.40. The first-order valence-corrected chi connectivity index (χ1v) is 6.82. The highest BCUT2D eigenvalue weighted by molar-refractivity contribution is 9.10. The molecule has 5 heteroatoms. The quantitative estimate of drug-likeness (QED) is 0.848. The van der Waals surface area contributed by atoms with E-state index in [0.29, 0.717) is 5.92 Å². The SMILES string of the molecule is COc1ccc(NCC(=O)NCC2CC2)c(Br)c1. The number of nitrogens with one attached hydrogen (secondary N) is 2. The van der Waals surface area contributed by atoms with Gasteiger partial charge in [0.1, 0.15) is 5.75 Å². The predicted molar refractivity (Wildman–Crippen MR) is 74.9 cm³/mol. The fraction of sp³-hybridized carbons (Fsp3) is 0.462. The highest BCUT2D eigenvalue weighted by Gasteiger charge is 2.21. The van der Waals surface area contributed by atoms with E-state index in [1.807, 2.05) is 18.2 Å². The summed E-state index contributed by atoms with van der Waals surface area (Å²) in [7, 11) is 1.63. The van der Waals surface area contributed by atoms with Crippen molar-refractivity contribution in [3.05, 3.63) is 22.7 Å². The third-order valence-corrected chi connectivity index (χ3v) is 3.56. The zero-order valence-corrected chi connectivity index (χ0v) is 11.9. The van der Waals surface area contributed by atoms with Gasteiger partial charge < -0.3 is 15.4 Å². The number of ether oxygens (including phenoxy) is 1. The minimum atomic E-state index is 0.0321. The molecule has 0 spiro atoms. The zero-order valence-electron chi connectivity index (χ0n) is 10.3. The van der Waals surface area contributed by atoms with Crippen molar-refractivity contribution in [2.75, 3.05) is 25.5 Å². The van der Waals surface area contributed by atoms with Crippen molar-refractivity contribution < 1.29 is 9.53 Å². The van der Waals surface area contributed by atoms with E-state index in [1.54, 1.807) is 7.11 Å². The van der Waals surface area contributed by atoms with Gasteiger partial charge in [-0.25, -0.2) is 0 Å². The largest absolute Gasteiger partial charge is 0.497 e. The summed E-state index contributed by atoms with van der Waals surface area (Å²) in [5.74, 6) is 1.52. The number of rotatable bonds is 6. The lowest BCUT2D eigenvalue weighted by atomic mass is 10.3. The molecule has 1 fully saturated rings. The summed E-state index contributed by atoms with van der Waals surface area (Å²) in [6.07, 6.45) is 2.50. The summed E-state index contributed by atoms with van der Waals surface area (Å²) in [5.41, 5.74) is 0.886. The summed E-state index contributed by atoms with van der Waals surface area (Å²) < 4.78 is 6.00. The van der Waals surface area contributed by atoms with Gasteiger partial charge in [0, 0.05) is 16.7 Å². The number of benzene rings is 1. The van der Waals surface area contributed by atoms with Gasteiger partial charge in [-0.05, 0) is 52.9 Å². The average Bonchev–Trinajstić information content (AvgIpc) is 3.18. The van der Waals surface area contributed by atoms with E-state index in [9.17, 15) is 4.79 Å². The molecular formula is C13H17BrN2O2. The maximum absolute atomic E-state index is 11.6. The number of halogens is 1. The molecule has 0 aromatic heterocycles. The third-order valence-electron chi connectivity index (χ3n) is 2.90. The van der Waals surface area contributed by atoms with E-state index in [-0.39, 0.29) is 12.5 Å². The van der Waals surface area contributed by atoms with Crippen molar-refractivity contribution in [2.45, 2.75) is 12.8 Å². The molecule has 2 N–H and O–H groups in total. The molecular weight excluding hydrogens is 296 g/mol. The lowest BCUT2D eigenvalue weighted by molar-refractivity contribution is -0.119. The molecule has 2 rings (SSSR count). The first-order chi connectivity index (χ1) is 8.69. The maximum atomic E-state index is 11.6. The van der Waals surface area contributed by atoms with Gasteiger partial charge in [0.25, 0.3) is 0 Å². The van der Waals surface area contributed by atoms with Gasteiger partial charge in [0.2, 0.25) is 5.91 Å². The van der Waals surface area contributed by atoms with Gasteiger partial charge in [-0.2, -0.15) is 0 Å². The molecule has 0 bridgehead atoms. The van der Waals surface area contributed by atoms with Crippen LogP contribution in [0.15, 0.2) is 22.7 Å². The molecule has 18 heavy (non-hydrogen) atoms. The highest BCUT2D eigenvalue weighted by Crippen LogP contribution is 2.28. The fourth-order valence-electron chi connectivity index (χ4n) is 1.58. The average molecular weight is 313 g/mol. The molecule has 0 aliphatic heterocycles. The molecule has 0 heterocycles. The molecule has 0 saturated heterocycles. The van der Waals surface area contributed by atoms with Crippen LogP contribution >= 0.6 is 15.9 Å². The van der Waals surface area contributed by atoms with Gasteiger partial charge in [-0.1, -0.05) is 0 Å². The molecule has 0 radical (unpaired) electrons. The van der Waals surface area contributed by atoms with Crippen molar-refractivity contribution in [2.24, 2.45) is 5.92 Å². The topological polar surface area (TPSA) is 50.4 Å². The van der Waals surface area contributed by atoms with Crippen LogP contribution in [0.1, 0.15) is 12.8 Å². The summed E-state index contributed by atoms with van der Waals surface area (Å²) in [6.45, 7) is 1.10. The number of carbonyl (C=O) groups is 1. The molecule has 98 valence electrons. The smallest absolute Gasteiger partial charge is 0.239 e. The number of amides is 1. The minimum Gasteiger partial charge on any atom is -0.497 e. The molecule has 1 aliphatic rings. The van der Waals surface area contributed by atoms with Crippen molar-refractivity contribution in [1.29, 1.82) is 0 Å². The van der Waals surface area contributed by atoms with Crippen LogP contribution in [0.2, 0.25) is 0 Å². The first-order valence-electron chi connectivity index (χ1n) is 6.03. The Morgan fingerprint density at radius 2 is 2.28 bits per heavy atom. The van der Waals surface area contributed by atoms with Crippen LogP contribution < -0.4 is 15.4 Å². The Morgan fingerprint density at radius 3 is 2.89 bits per heavy atom. The summed E-state index contributed by atoms with van der Waals surface area (Å²) in [6, 6.07) is 5.61. The zero-order chi connectivity index (χ0) is 13.0. The second-order valence-electron chi connectivity index (χ2n) is 4.45. The third kappa shape index (κ3) is 3.91. The Bertz CT molecular complexity index is 433. The minimum absolute atomic E-state index is 0.0321. The van der Waals surface area contributed by atoms with Crippen molar-refractivity contribution >= 4 is 27.5 Å². The van der Waals surface area contributed by atoms with E-state index in [0.717, 1.165) is 22.5 Å². The molecule has 1 aliphatic carbocycles. The molecule has 4 nitrogen and oxygen atoms in total. The van der Waals surface area contributed by atoms with Crippen LogP contribution in [0.3, 0.4) is 0 Å². The van der Waals surface area contributed by atoms with Crippen LogP contribution in [-0.4, -0.2) is 26.1 Å². The second-order valence-corrected chi connectivity index (χ2v) is 5.30.